The van der Waals surface area contributed by atoms with Gasteiger partial charge in [-0.2, -0.15) is 0 Å². The maximum atomic E-state index is 6.67. The Labute approximate surface area is 307 Å². The van der Waals surface area contributed by atoms with E-state index in [4.69, 9.17) is 19.7 Å². The third-order valence-electron chi connectivity index (χ3n) is 9.99. The van der Waals surface area contributed by atoms with Crippen molar-refractivity contribution in [3.05, 3.63) is 188 Å². The lowest BCUT2D eigenvalue weighted by molar-refractivity contribution is 0.262. The largest absolute Gasteiger partial charge is 0.464 e. The van der Waals surface area contributed by atoms with E-state index in [1.54, 1.807) is 0 Å². The van der Waals surface area contributed by atoms with Gasteiger partial charge in [-0.1, -0.05) is 176 Å². The molecule has 1 unspecified atom stereocenters. The summed E-state index contributed by atoms with van der Waals surface area (Å²) in [5, 5.41) is 8.27. The summed E-state index contributed by atoms with van der Waals surface area (Å²) in [4.78, 5) is 14.9. The molecule has 0 saturated heterocycles. The van der Waals surface area contributed by atoms with E-state index in [2.05, 4.69) is 133 Å². The molecule has 250 valence electrons. The number of nitrogens with one attached hydrogen (secondary N) is 1. The van der Waals surface area contributed by atoms with Crippen molar-refractivity contribution in [3.63, 3.8) is 0 Å². The average Bonchev–Trinajstić information content (AvgIpc) is 3.71. The van der Waals surface area contributed by atoms with Gasteiger partial charge in [0.05, 0.1) is 5.69 Å². The van der Waals surface area contributed by atoms with E-state index in [1.165, 1.54) is 10.9 Å². The molecule has 1 aliphatic rings. The van der Waals surface area contributed by atoms with Gasteiger partial charge in [-0.15, -0.1) is 0 Å². The maximum Gasteiger partial charge on any atom is 0.196 e. The zero-order valence-electron chi connectivity index (χ0n) is 28.6. The van der Waals surface area contributed by atoms with Crippen molar-refractivity contribution in [1.82, 2.24) is 15.0 Å². The summed E-state index contributed by atoms with van der Waals surface area (Å²) in [6, 6.07) is 62.9. The van der Waals surface area contributed by atoms with Crippen LogP contribution in [0, 0.1) is 0 Å². The first-order valence-corrected chi connectivity index (χ1v) is 17.8. The molecule has 0 aliphatic carbocycles. The zero-order chi connectivity index (χ0) is 35.1. The number of ether oxygens (including phenoxy) is 1. The summed E-state index contributed by atoms with van der Waals surface area (Å²) in [6.07, 6.45) is -0.254. The predicted molar refractivity (Wildman–Crippen MR) is 215 cm³/mol. The van der Waals surface area contributed by atoms with Gasteiger partial charge in [0.25, 0.3) is 0 Å². The first kappa shape index (κ1) is 30.7. The third kappa shape index (κ3) is 5.65. The fourth-order valence-electron chi connectivity index (χ4n) is 7.27. The Morgan fingerprint density at radius 1 is 0.358 bits per heavy atom. The second-order valence-electron chi connectivity index (χ2n) is 13.3. The van der Waals surface area contributed by atoms with Crippen LogP contribution in [0.3, 0.4) is 0 Å². The molecule has 2 heterocycles. The van der Waals surface area contributed by atoms with Gasteiger partial charge in [-0.05, 0) is 39.1 Å². The molecule has 0 saturated carbocycles. The van der Waals surface area contributed by atoms with Gasteiger partial charge in [0.2, 0.25) is 0 Å². The standard InChI is InChI=1S/C48H32N4O/c1-4-12-31(13-5-1)32-20-24-35(25-21-32)46-50-45(34-14-6-2-7-15-34)51-47(52-46)36-26-22-33(23-27-36)38-28-29-40-39-18-10-11-19-41(39)43-44(42(40)30-38)53-48(49-43)37-16-8-3-9-17-37/h1-30,48-49H. The highest BCUT2D eigenvalue weighted by atomic mass is 16.5. The number of rotatable bonds is 6. The van der Waals surface area contributed by atoms with E-state index in [0.29, 0.717) is 17.5 Å². The molecular formula is C48H32N4O. The number of fused-ring (bicyclic) bond motifs is 6. The molecule has 8 aromatic carbocycles. The lowest BCUT2D eigenvalue weighted by Crippen LogP contribution is -2.09. The SMILES string of the molecule is c1ccc(-c2ccc(-c3nc(-c4ccccc4)nc(-c4ccc(-c5ccc6c(c5)c5c(c7ccccc76)NC(c6ccccc6)O5)cc4)n3)cc2)cc1. The highest BCUT2D eigenvalue weighted by molar-refractivity contribution is 6.18. The molecule has 0 spiro atoms. The molecule has 0 fully saturated rings. The fourth-order valence-corrected chi connectivity index (χ4v) is 7.27. The lowest BCUT2D eigenvalue weighted by atomic mass is 9.95. The van der Waals surface area contributed by atoms with Crippen molar-refractivity contribution in [2.75, 3.05) is 5.32 Å². The Balaban J connectivity index is 1.02. The number of anilines is 1. The second kappa shape index (κ2) is 12.9. The summed E-state index contributed by atoms with van der Waals surface area (Å²) in [7, 11) is 0. The van der Waals surface area contributed by atoms with Crippen LogP contribution < -0.4 is 10.1 Å². The normalized spacial score (nSPS) is 13.4. The van der Waals surface area contributed by atoms with Crippen LogP contribution in [0.4, 0.5) is 5.69 Å². The maximum absolute atomic E-state index is 6.67. The Morgan fingerprint density at radius 2 is 0.774 bits per heavy atom. The van der Waals surface area contributed by atoms with Crippen LogP contribution in [0.5, 0.6) is 5.75 Å². The van der Waals surface area contributed by atoms with Gasteiger partial charge in [0, 0.05) is 33.0 Å². The zero-order valence-corrected chi connectivity index (χ0v) is 28.6. The minimum atomic E-state index is -0.254. The van der Waals surface area contributed by atoms with Crippen LogP contribution >= 0.6 is 0 Å². The molecule has 5 nitrogen and oxygen atoms in total. The summed E-state index contributed by atoms with van der Waals surface area (Å²) < 4.78 is 6.67. The number of hydrogen-bond donors (Lipinski definition) is 1. The first-order valence-electron chi connectivity index (χ1n) is 17.8. The number of benzene rings is 8. The van der Waals surface area contributed by atoms with E-state index >= 15 is 0 Å². The fraction of sp³-hybridized carbons (Fsp3) is 0.0208. The minimum absolute atomic E-state index is 0.254. The molecule has 0 amide bonds. The number of aromatic nitrogens is 3. The molecule has 0 bridgehead atoms. The molecule has 1 aromatic heterocycles. The van der Waals surface area contributed by atoms with Crippen LogP contribution in [-0.4, -0.2) is 15.0 Å². The van der Waals surface area contributed by atoms with Gasteiger partial charge in [-0.3, -0.25) is 0 Å². The molecule has 1 N–H and O–H groups in total. The summed E-state index contributed by atoms with van der Waals surface area (Å²) in [6.45, 7) is 0. The summed E-state index contributed by atoms with van der Waals surface area (Å²) in [5.74, 6) is 2.78. The van der Waals surface area contributed by atoms with E-state index in [0.717, 1.165) is 66.5 Å². The van der Waals surface area contributed by atoms with Crippen molar-refractivity contribution in [3.8, 4) is 62.2 Å². The van der Waals surface area contributed by atoms with Gasteiger partial charge in [0.1, 0.15) is 0 Å². The van der Waals surface area contributed by atoms with E-state index in [-0.39, 0.29) is 6.23 Å². The average molecular weight is 681 g/mol. The van der Waals surface area contributed by atoms with Crippen LogP contribution in [0.15, 0.2) is 182 Å². The van der Waals surface area contributed by atoms with Gasteiger partial charge in [0.15, 0.2) is 29.5 Å². The highest BCUT2D eigenvalue weighted by Gasteiger charge is 2.28. The van der Waals surface area contributed by atoms with Gasteiger partial charge in [-0.25, -0.2) is 15.0 Å². The van der Waals surface area contributed by atoms with E-state index in [9.17, 15) is 0 Å². The topological polar surface area (TPSA) is 59.9 Å². The molecular weight excluding hydrogens is 649 g/mol. The Morgan fingerprint density at radius 3 is 1.38 bits per heavy atom. The summed E-state index contributed by atoms with van der Waals surface area (Å²) in [5.41, 5.74) is 9.43. The Kier molecular flexibility index (Phi) is 7.47. The number of nitrogens with zero attached hydrogens (tertiary/aromatic N) is 3. The van der Waals surface area contributed by atoms with Crippen molar-refractivity contribution in [2.45, 2.75) is 6.23 Å². The second-order valence-corrected chi connectivity index (χ2v) is 13.3. The predicted octanol–water partition coefficient (Wildman–Crippen LogP) is 12.0. The molecule has 53 heavy (non-hydrogen) atoms. The van der Waals surface area contributed by atoms with Gasteiger partial charge < -0.3 is 10.1 Å². The van der Waals surface area contributed by atoms with Crippen molar-refractivity contribution in [2.24, 2.45) is 0 Å². The van der Waals surface area contributed by atoms with E-state index in [1.807, 2.05) is 54.6 Å². The molecule has 5 heteroatoms. The van der Waals surface area contributed by atoms with Crippen molar-refractivity contribution in [1.29, 1.82) is 0 Å². The monoisotopic (exact) mass is 680 g/mol. The number of hydrogen-bond acceptors (Lipinski definition) is 5. The van der Waals surface area contributed by atoms with Crippen LogP contribution in [-0.2, 0) is 0 Å². The minimum Gasteiger partial charge on any atom is -0.464 e. The molecule has 10 rings (SSSR count). The molecule has 1 atom stereocenters. The van der Waals surface area contributed by atoms with Crippen molar-refractivity contribution < 1.29 is 4.74 Å². The van der Waals surface area contributed by atoms with Crippen LogP contribution in [0.2, 0.25) is 0 Å². The smallest absolute Gasteiger partial charge is 0.196 e. The molecule has 0 radical (unpaired) electrons. The van der Waals surface area contributed by atoms with Gasteiger partial charge >= 0.3 is 0 Å². The molecule has 1 aliphatic heterocycles. The highest BCUT2D eigenvalue weighted by Crippen LogP contribution is 2.49. The third-order valence-corrected chi connectivity index (χ3v) is 9.99. The Hall–Kier alpha value is -7.11. The van der Waals surface area contributed by atoms with Crippen molar-refractivity contribution >= 4 is 27.2 Å². The van der Waals surface area contributed by atoms with Crippen LogP contribution in [0.1, 0.15) is 11.8 Å². The quantitative estimate of drug-likeness (QED) is 0.177. The van der Waals surface area contributed by atoms with Crippen LogP contribution in [0.25, 0.3) is 78.0 Å². The Bertz CT molecular complexity index is 2750. The first-order chi connectivity index (χ1) is 26.2. The lowest BCUT2D eigenvalue weighted by Gasteiger charge is -2.12. The van der Waals surface area contributed by atoms with E-state index < -0.39 is 0 Å². The molecule has 9 aromatic rings. The summed E-state index contributed by atoms with van der Waals surface area (Å²) >= 11 is 0.